The Morgan fingerprint density at radius 2 is 2.00 bits per heavy atom. The van der Waals surface area contributed by atoms with Crippen LogP contribution in [0.2, 0.25) is 0 Å². The van der Waals surface area contributed by atoms with Gasteiger partial charge in [0.1, 0.15) is 0 Å². The van der Waals surface area contributed by atoms with Crippen LogP contribution in [0, 0.1) is 6.92 Å². The maximum atomic E-state index is 12.7. The number of benzene rings is 1. The van der Waals surface area contributed by atoms with Crippen molar-refractivity contribution in [3.05, 3.63) is 46.7 Å². The summed E-state index contributed by atoms with van der Waals surface area (Å²) in [7, 11) is 0. The predicted octanol–water partition coefficient (Wildman–Crippen LogP) is 3.61. The lowest BCUT2D eigenvalue weighted by Gasteiger charge is -2.32. The first-order valence-electron chi connectivity index (χ1n) is 8.40. The molecule has 1 unspecified atom stereocenters. The van der Waals surface area contributed by atoms with Gasteiger partial charge in [0.15, 0.2) is 11.5 Å². The number of hydrogen-bond donors (Lipinski definition) is 1. The summed E-state index contributed by atoms with van der Waals surface area (Å²) in [4.78, 5) is 26.8. The molecular formula is C19H23NO3. The van der Waals surface area contributed by atoms with Crippen molar-refractivity contribution in [3.8, 4) is 0 Å². The zero-order valence-electron chi connectivity index (χ0n) is 13.7. The van der Waals surface area contributed by atoms with E-state index in [2.05, 4.69) is 0 Å². The van der Waals surface area contributed by atoms with Crippen molar-refractivity contribution >= 4 is 11.7 Å². The molecular weight excluding hydrogens is 290 g/mol. The third-order valence-electron chi connectivity index (χ3n) is 4.94. The summed E-state index contributed by atoms with van der Waals surface area (Å²) < 4.78 is 0. The Bertz CT molecular complexity index is 671. The van der Waals surface area contributed by atoms with E-state index in [9.17, 15) is 14.7 Å². The number of ketones is 1. The summed E-state index contributed by atoms with van der Waals surface area (Å²) in [6.45, 7) is 3.75. The van der Waals surface area contributed by atoms with E-state index in [1.165, 1.54) is 0 Å². The van der Waals surface area contributed by atoms with Crippen molar-refractivity contribution in [2.45, 2.75) is 58.0 Å². The Kier molecular flexibility index (Phi) is 4.24. The number of aliphatic hydroxyl groups excluding tert-OH is 1. The van der Waals surface area contributed by atoms with E-state index in [0.717, 1.165) is 36.8 Å². The maximum absolute atomic E-state index is 12.7. The van der Waals surface area contributed by atoms with Crippen molar-refractivity contribution in [3.63, 3.8) is 0 Å². The third-order valence-corrected chi connectivity index (χ3v) is 4.94. The second-order valence-corrected chi connectivity index (χ2v) is 6.51. The van der Waals surface area contributed by atoms with Crippen molar-refractivity contribution in [1.82, 2.24) is 4.90 Å². The molecule has 1 atom stereocenters. The van der Waals surface area contributed by atoms with Crippen LogP contribution in [0.5, 0.6) is 0 Å². The Balaban J connectivity index is 2.10. The van der Waals surface area contributed by atoms with Gasteiger partial charge in [-0.15, -0.1) is 0 Å². The van der Waals surface area contributed by atoms with Crippen molar-refractivity contribution in [1.29, 1.82) is 0 Å². The highest BCUT2D eigenvalue weighted by atomic mass is 16.3. The number of amides is 1. The summed E-state index contributed by atoms with van der Waals surface area (Å²) in [6.07, 6.45) is 4.34. The Labute approximate surface area is 136 Å². The number of carbonyl (C=O) groups excluding carboxylic acids is 2. The minimum absolute atomic E-state index is 0.109. The van der Waals surface area contributed by atoms with Gasteiger partial charge in [0, 0.05) is 12.5 Å². The average Bonchev–Trinajstić information content (AvgIpc) is 3.14. The standard InChI is InChI=1S/C19H23NO3/c1-3-15(21)16-17(13-8-6-7-12(2)11-13)20(19(23)18(16)22)14-9-4-5-10-14/h6-8,11,14,17,22H,3-5,9-10H2,1-2H3. The fourth-order valence-electron chi connectivity index (χ4n) is 3.82. The van der Waals surface area contributed by atoms with E-state index in [4.69, 9.17) is 0 Å². The van der Waals surface area contributed by atoms with Gasteiger partial charge in [-0.1, -0.05) is 49.6 Å². The van der Waals surface area contributed by atoms with Crippen LogP contribution in [0.4, 0.5) is 0 Å². The van der Waals surface area contributed by atoms with Crippen molar-refractivity contribution < 1.29 is 14.7 Å². The predicted molar refractivity (Wildman–Crippen MR) is 88.0 cm³/mol. The molecule has 1 aliphatic carbocycles. The number of aryl methyl sites for hydroxylation is 1. The summed E-state index contributed by atoms with van der Waals surface area (Å²) in [5.41, 5.74) is 2.26. The number of hydrogen-bond acceptors (Lipinski definition) is 3. The lowest BCUT2D eigenvalue weighted by Crippen LogP contribution is -2.38. The fraction of sp³-hybridized carbons (Fsp3) is 0.474. The first kappa shape index (κ1) is 15.8. The molecule has 0 spiro atoms. The van der Waals surface area contributed by atoms with Gasteiger partial charge in [0.05, 0.1) is 11.6 Å². The minimum atomic E-state index is -0.446. The van der Waals surface area contributed by atoms with Gasteiger partial charge in [-0.2, -0.15) is 0 Å². The van der Waals surface area contributed by atoms with E-state index in [0.29, 0.717) is 0 Å². The van der Waals surface area contributed by atoms with E-state index in [1.807, 2.05) is 31.2 Å². The van der Waals surface area contributed by atoms with E-state index < -0.39 is 6.04 Å². The molecule has 2 aliphatic rings. The average molecular weight is 313 g/mol. The molecule has 3 rings (SSSR count). The van der Waals surface area contributed by atoms with Crippen LogP contribution in [0.3, 0.4) is 0 Å². The molecule has 1 aromatic carbocycles. The lowest BCUT2D eigenvalue weighted by atomic mass is 9.93. The second-order valence-electron chi connectivity index (χ2n) is 6.51. The summed E-state index contributed by atoms with van der Waals surface area (Å²) in [6, 6.07) is 7.53. The lowest BCUT2D eigenvalue weighted by molar-refractivity contribution is -0.131. The largest absolute Gasteiger partial charge is 0.503 e. The highest BCUT2D eigenvalue weighted by Gasteiger charge is 2.46. The molecule has 0 aromatic heterocycles. The molecule has 0 saturated heterocycles. The molecule has 1 heterocycles. The number of nitrogens with zero attached hydrogens (tertiary/aromatic N) is 1. The molecule has 1 fully saturated rings. The SMILES string of the molecule is CCC(=O)C1=C(O)C(=O)N(C2CCCC2)C1c1cccc(C)c1. The molecule has 122 valence electrons. The van der Waals surface area contributed by atoms with Gasteiger partial charge in [-0.05, 0) is 25.3 Å². The first-order valence-corrected chi connectivity index (χ1v) is 8.40. The van der Waals surface area contributed by atoms with Crippen LogP contribution < -0.4 is 0 Å². The third kappa shape index (κ3) is 2.67. The quantitative estimate of drug-likeness (QED) is 0.923. The zero-order valence-corrected chi connectivity index (χ0v) is 13.7. The fourth-order valence-corrected chi connectivity index (χ4v) is 3.82. The van der Waals surface area contributed by atoms with Crippen LogP contribution in [0.1, 0.15) is 56.2 Å². The second kappa shape index (κ2) is 6.19. The highest BCUT2D eigenvalue weighted by molar-refractivity contribution is 6.09. The van der Waals surface area contributed by atoms with Crippen molar-refractivity contribution in [2.24, 2.45) is 0 Å². The normalized spacial score (nSPS) is 22.3. The summed E-state index contributed by atoms with van der Waals surface area (Å²) in [5, 5.41) is 10.4. The Morgan fingerprint density at radius 1 is 1.30 bits per heavy atom. The van der Waals surface area contributed by atoms with Crippen LogP contribution in [-0.4, -0.2) is 27.7 Å². The molecule has 0 radical (unpaired) electrons. The van der Waals surface area contributed by atoms with Crippen molar-refractivity contribution in [2.75, 3.05) is 0 Å². The zero-order chi connectivity index (χ0) is 16.6. The van der Waals surface area contributed by atoms with Crippen LogP contribution in [-0.2, 0) is 9.59 Å². The number of aliphatic hydroxyl groups is 1. The van der Waals surface area contributed by atoms with Gasteiger partial charge in [0.2, 0.25) is 0 Å². The van der Waals surface area contributed by atoms with Crippen LogP contribution in [0.25, 0.3) is 0 Å². The van der Waals surface area contributed by atoms with Crippen LogP contribution >= 0.6 is 0 Å². The number of carbonyl (C=O) groups is 2. The molecule has 1 aliphatic heterocycles. The first-order chi connectivity index (χ1) is 11.0. The molecule has 1 saturated carbocycles. The van der Waals surface area contributed by atoms with Gasteiger partial charge in [-0.25, -0.2) is 0 Å². The Morgan fingerprint density at radius 3 is 2.61 bits per heavy atom. The van der Waals surface area contributed by atoms with E-state index in [-0.39, 0.29) is 35.5 Å². The van der Waals surface area contributed by atoms with E-state index in [1.54, 1.807) is 11.8 Å². The molecule has 1 amide bonds. The summed E-state index contributed by atoms with van der Waals surface area (Å²) in [5.74, 6) is -0.890. The van der Waals surface area contributed by atoms with Crippen LogP contribution in [0.15, 0.2) is 35.6 Å². The van der Waals surface area contributed by atoms with E-state index >= 15 is 0 Å². The molecule has 4 nitrogen and oxygen atoms in total. The van der Waals surface area contributed by atoms with Gasteiger partial charge >= 0.3 is 0 Å². The topological polar surface area (TPSA) is 57.6 Å². The minimum Gasteiger partial charge on any atom is -0.503 e. The number of rotatable bonds is 4. The maximum Gasteiger partial charge on any atom is 0.290 e. The Hall–Kier alpha value is -2.10. The smallest absolute Gasteiger partial charge is 0.290 e. The summed E-state index contributed by atoms with van der Waals surface area (Å²) >= 11 is 0. The molecule has 23 heavy (non-hydrogen) atoms. The van der Waals surface area contributed by atoms with Gasteiger partial charge < -0.3 is 10.0 Å². The number of Topliss-reactive ketones (excluding diaryl/α,β-unsaturated/α-hetero) is 1. The van der Waals surface area contributed by atoms with Gasteiger partial charge in [-0.3, -0.25) is 9.59 Å². The highest BCUT2D eigenvalue weighted by Crippen LogP contribution is 2.42. The monoisotopic (exact) mass is 313 g/mol. The molecule has 1 aromatic rings. The molecule has 4 heteroatoms. The molecule has 0 bridgehead atoms. The molecule has 1 N–H and O–H groups in total. The van der Waals surface area contributed by atoms with Gasteiger partial charge in [0.25, 0.3) is 5.91 Å².